The SMILES string of the molecule is CC(=O)CSc1cc(F)c(F)cc1-c1ccc(OCc2cccc(C(=O)OC(=O)[C@@H]3CCCN3)c2)cc1. The molecular formula is C28H25F2NO5S. The summed E-state index contributed by atoms with van der Waals surface area (Å²) in [4.78, 5) is 36.3. The number of rotatable bonds is 9. The van der Waals surface area contributed by atoms with Crippen LogP contribution in [0.25, 0.3) is 11.1 Å². The lowest BCUT2D eigenvalue weighted by molar-refractivity contribution is -0.140. The van der Waals surface area contributed by atoms with Crippen molar-refractivity contribution in [2.75, 3.05) is 12.3 Å². The van der Waals surface area contributed by atoms with Crippen LogP contribution in [0, 0.1) is 11.6 Å². The van der Waals surface area contributed by atoms with Gasteiger partial charge >= 0.3 is 11.9 Å². The van der Waals surface area contributed by atoms with Crippen LogP contribution in [0.2, 0.25) is 0 Å². The summed E-state index contributed by atoms with van der Waals surface area (Å²) >= 11 is 1.15. The molecule has 1 saturated heterocycles. The quantitative estimate of drug-likeness (QED) is 0.230. The highest BCUT2D eigenvalue weighted by Crippen LogP contribution is 2.34. The largest absolute Gasteiger partial charge is 0.489 e. The second kappa shape index (κ2) is 12.1. The molecule has 9 heteroatoms. The maximum Gasteiger partial charge on any atom is 0.345 e. The zero-order chi connectivity index (χ0) is 26.4. The van der Waals surface area contributed by atoms with Gasteiger partial charge in [0.2, 0.25) is 0 Å². The molecule has 0 saturated carbocycles. The van der Waals surface area contributed by atoms with Crippen LogP contribution in [0.15, 0.2) is 65.6 Å². The van der Waals surface area contributed by atoms with Gasteiger partial charge in [-0.1, -0.05) is 24.3 Å². The Morgan fingerprint density at radius 1 is 1.03 bits per heavy atom. The van der Waals surface area contributed by atoms with Crippen molar-refractivity contribution in [2.45, 2.75) is 37.3 Å². The van der Waals surface area contributed by atoms with Crippen LogP contribution in [0.5, 0.6) is 5.75 Å². The first kappa shape index (κ1) is 26.5. The average Bonchev–Trinajstić information content (AvgIpc) is 3.44. The van der Waals surface area contributed by atoms with Crippen molar-refractivity contribution in [3.63, 3.8) is 0 Å². The summed E-state index contributed by atoms with van der Waals surface area (Å²) in [5, 5.41) is 3.00. The zero-order valence-electron chi connectivity index (χ0n) is 20.1. The monoisotopic (exact) mass is 525 g/mol. The van der Waals surface area contributed by atoms with Crippen molar-refractivity contribution in [3.05, 3.63) is 83.4 Å². The van der Waals surface area contributed by atoms with Crippen molar-refractivity contribution in [3.8, 4) is 16.9 Å². The number of thioether (sulfide) groups is 1. The fraction of sp³-hybridized carbons (Fsp3) is 0.250. The van der Waals surface area contributed by atoms with Gasteiger partial charge in [0, 0.05) is 4.90 Å². The predicted octanol–water partition coefficient (Wildman–Crippen LogP) is 5.33. The summed E-state index contributed by atoms with van der Waals surface area (Å²) in [6, 6.07) is 15.2. The molecule has 0 radical (unpaired) electrons. The highest BCUT2D eigenvalue weighted by atomic mass is 32.2. The summed E-state index contributed by atoms with van der Waals surface area (Å²) in [6.07, 6.45) is 1.51. The van der Waals surface area contributed by atoms with E-state index in [9.17, 15) is 23.2 Å². The molecule has 37 heavy (non-hydrogen) atoms. The molecule has 1 heterocycles. The third-order valence-electron chi connectivity index (χ3n) is 5.73. The number of ketones is 1. The number of Topliss-reactive ketones (excluding diaryl/α,β-unsaturated/α-hetero) is 1. The minimum Gasteiger partial charge on any atom is -0.489 e. The van der Waals surface area contributed by atoms with Crippen molar-refractivity contribution in [2.24, 2.45) is 0 Å². The van der Waals surface area contributed by atoms with E-state index in [0.29, 0.717) is 33.8 Å². The molecular weight excluding hydrogens is 500 g/mol. The van der Waals surface area contributed by atoms with Crippen molar-refractivity contribution in [1.82, 2.24) is 5.32 Å². The van der Waals surface area contributed by atoms with E-state index in [4.69, 9.17) is 9.47 Å². The molecule has 1 aliphatic heterocycles. The first-order valence-corrected chi connectivity index (χ1v) is 12.7. The molecule has 0 aliphatic carbocycles. The lowest BCUT2D eigenvalue weighted by Crippen LogP contribution is -2.33. The number of carbonyl (C=O) groups is 3. The first-order chi connectivity index (χ1) is 17.8. The van der Waals surface area contributed by atoms with Crippen molar-refractivity contribution < 1.29 is 32.6 Å². The number of halogens is 2. The number of nitrogens with one attached hydrogen (secondary N) is 1. The Morgan fingerprint density at radius 3 is 2.49 bits per heavy atom. The Labute approximate surface area is 217 Å². The summed E-state index contributed by atoms with van der Waals surface area (Å²) in [7, 11) is 0. The molecule has 1 atom stereocenters. The maximum atomic E-state index is 13.9. The van der Waals surface area contributed by atoms with Gasteiger partial charge in [-0.2, -0.15) is 0 Å². The summed E-state index contributed by atoms with van der Waals surface area (Å²) in [6.45, 7) is 2.32. The number of carbonyl (C=O) groups excluding carboxylic acids is 3. The molecule has 192 valence electrons. The van der Waals surface area contributed by atoms with Crippen molar-refractivity contribution >= 4 is 29.5 Å². The van der Waals surface area contributed by atoms with Crippen LogP contribution in [-0.2, 0) is 20.9 Å². The molecule has 3 aromatic rings. The predicted molar refractivity (Wildman–Crippen MR) is 135 cm³/mol. The van der Waals surface area contributed by atoms with Gasteiger partial charge in [0.1, 0.15) is 24.2 Å². The van der Waals surface area contributed by atoms with Crippen LogP contribution in [0.3, 0.4) is 0 Å². The van der Waals surface area contributed by atoms with E-state index in [1.54, 1.807) is 48.5 Å². The van der Waals surface area contributed by atoms with Gasteiger partial charge in [-0.15, -0.1) is 11.8 Å². The zero-order valence-corrected chi connectivity index (χ0v) is 20.9. The van der Waals surface area contributed by atoms with Crippen LogP contribution in [-0.4, -0.2) is 36.1 Å². The standard InChI is InChI=1S/C28H25F2NO5S/c1-17(32)16-37-26-14-24(30)23(29)13-22(26)19-7-9-21(10-8-19)35-15-18-4-2-5-20(12-18)27(33)36-28(34)25-6-3-11-31-25/h2,4-5,7-10,12-14,25,31H,3,6,11,15-16H2,1H3/t25-/m0/s1. The average molecular weight is 526 g/mol. The number of hydrogen-bond donors (Lipinski definition) is 1. The lowest BCUT2D eigenvalue weighted by atomic mass is 10.1. The molecule has 0 bridgehead atoms. The van der Waals surface area contributed by atoms with E-state index in [1.807, 2.05) is 0 Å². The smallest absolute Gasteiger partial charge is 0.345 e. The summed E-state index contributed by atoms with van der Waals surface area (Å²) in [5.41, 5.74) is 2.07. The third kappa shape index (κ3) is 7.02. The molecule has 4 rings (SSSR count). The highest BCUT2D eigenvalue weighted by molar-refractivity contribution is 8.00. The van der Waals surface area contributed by atoms with Gasteiger partial charge in [0.15, 0.2) is 11.6 Å². The topological polar surface area (TPSA) is 81.7 Å². The highest BCUT2D eigenvalue weighted by Gasteiger charge is 2.26. The Hall–Kier alpha value is -3.56. The van der Waals surface area contributed by atoms with E-state index in [0.717, 1.165) is 36.9 Å². The first-order valence-electron chi connectivity index (χ1n) is 11.7. The van der Waals surface area contributed by atoms with Gasteiger partial charge in [0.25, 0.3) is 0 Å². The maximum absolute atomic E-state index is 13.9. The minimum atomic E-state index is -0.972. The van der Waals surface area contributed by atoms with Gasteiger partial charge in [-0.25, -0.2) is 18.4 Å². The van der Waals surface area contributed by atoms with E-state index in [2.05, 4.69) is 5.32 Å². The molecule has 6 nitrogen and oxygen atoms in total. The number of esters is 2. The number of ether oxygens (including phenoxy) is 2. The lowest BCUT2D eigenvalue weighted by Gasteiger charge is -2.12. The molecule has 1 N–H and O–H groups in total. The molecule has 0 spiro atoms. The Bertz CT molecular complexity index is 1310. The van der Waals surface area contributed by atoms with Crippen molar-refractivity contribution in [1.29, 1.82) is 0 Å². The second-order valence-electron chi connectivity index (χ2n) is 8.62. The molecule has 3 aromatic carbocycles. The molecule has 0 unspecified atom stereocenters. The van der Waals surface area contributed by atoms with Crippen LogP contribution >= 0.6 is 11.8 Å². The molecule has 0 amide bonds. The number of hydrogen-bond acceptors (Lipinski definition) is 7. The van der Waals surface area contributed by atoms with E-state index < -0.39 is 29.6 Å². The molecule has 0 aromatic heterocycles. The van der Waals surface area contributed by atoms with Gasteiger partial charge < -0.3 is 14.8 Å². The fourth-order valence-electron chi connectivity index (χ4n) is 3.85. The van der Waals surface area contributed by atoms with Crippen LogP contribution in [0.1, 0.15) is 35.7 Å². The minimum absolute atomic E-state index is 0.0702. The van der Waals surface area contributed by atoms with Crippen LogP contribution < -0.4 is 10.1 Å². The van der Waals surface area contributed by atoms with E-state index in [-0.39, 0.29) is 23.7 Å². The number of benzene rings is 3. The third-order valence-corrected chi connectivity index (χ3v) is 6.92. The van der Waals surface area contributed by atoms with E-state index in [1.165, 1.54) is 6.92 Å². The normalized spacial score (nSPS) is 14.8. The summed E-state index contributed by atoms with van der Waals surface area (Å²) < 4.78 is 38.5. The van der Waals surface area contributed by atoms with Gasteiger partial charge in [-0.05, 0) is 79.4 Å². The fourth-order valence-corrected chi connectivity index (χ4v) is 4.72. The Kier molecular flexibility index (Phi) is 8.68. The molecule has 1 fully saturated rings. The van der Waals surface area contributed by atoms with Gasteiger partial charge in [0.05, 0.1) is 11.3 Å². The Morgan fingerprint density at radius 2 is 1.78 bits per heavy atom. The van der Waals surface area contributed by atoms with E-state index >= 15 is 0 Å². The second-order valence-corrected chi connectivity index (χ2v) is 9.64. The van der Waals surface area contributed by atoms with Gasteiger partial charge in [-0.3, -0.25) is 4.79 Å². The van der Waals surface area contributed by atoms with Crippen LogP contribution in [0.4, 0.5) is 8.78 Å². The Balaban J connectivity index is 1.40. The molecule has 1 aliphatic rings. The summed E-state index contributed by atoms with van der Waals surface area (Å²) in [5.74, 6) is -2.62.